The summed E-state index contributed by atoms with van der Waals surface area (Å²) in [6, 6.07) is 9.78. The quantitative estimate of drug-likeness (QED) is 0.619. The van der Waals surface area contributed by atoms with Gasteiger partial charge in [0.2, 0.25) is 0 Å². The van der Waals surface area contributed by atoms with E-state index in [1.54, 1.807) is 6.20 Å². The van der Waals surface area contributed by atoms with E-state index >= 15 is 0 Å². The van der Waals surface area contributed by atoms with E-state index in [9.17, 15) is 9.90 Å². The molecule has 0 radical (unpaired) electrons. The van der Waals surface area contributed by atoms with Gasteiger partial charge in [-0.15, -0.1) is 0 Å². The second-order valence-electron chi connectivity index (χ2n) is 7.50. The molecule has 2 amide bonds. The summed E-state index contributed by atoms with van der Waals surface area (Å²) in [4.78, 5) is 21.1. The minimum atomic E-state index is -0.235. The molecule has 0 unspecified atom stereocenters. The van der Waals surface area contributed by atoms with Crippen molar-refractivity contribution in [3.63, 3.8) is 0 Å². The fourth-order valence-corrected chi connectivity index (χ4v) is 3.78. The van der Waals surface area contributed by atoms with Crippen molar-refractivity contribution in [2.24, 2.45) is 0 Å². The molecule has 1 aliphatic carbocycles. The lowest BCUT2D eigenvalue weighted by molar-refractivity contribution is 0.248. The topological polar surface area (TPSA) is 87.1 Å². The van der Waals surface area contributed by atoms with Crippen molar-refractivity contribution in [3.05, 3.63) is 47.7 Å². The molecule has 144 valence electrons. The lowest BCUT2D eigenvalue weighted by atomic mass is 9.99. The molecule has 1 fully saturated rings. The summed E-state index contributed by atoms with van der Waals surface area (Å²) in [5.74, 6) is 0.752. The number of rotatable bonds is 3. The number of benzene rings is 2. The number of phenols is 1. The van der Waals surface area contributed by atoms with Gasteiger partial charge in [-0.05, 0) is 73.2 Å². The fourth-order valence-electron chi connectivity index (χ4n) is 3.78. The van der Waals surface area contributed by atoms with Gasteiger partial charge in [-0.2, -0.15) is 0 Å². The minimum absolute atomic E-state index is 0.235. The molecule has 4 rings (SSSR count). The van der Waals surface area contributed by atoms with Gasteiger partial charge in [-0.3, -0.25) is 10.3 Å². The number of hydrogen-bond donors (Lipinski definition) is 3. The zero-order valence-electron chi connectivity index (χ0n) is 16.1. The number of aromatic nitrogens is 2. The van der Waals surface area contributed by atoms with Crippen LogP contribution in [-0.2, 0) is 0 Å². The van der Waals surface area contributed by atoms with Crippen LogP contribution in [0.2, 0.25) is 0 Å². The first-order chi connectivity index (χ1) is 13.5. The Morgan fingerprint density at radius 3 is 2.46 bits per heavy atom. The highest BCUT2D eigenvalue weighted by Gasteiger charge is 2.17. The van der Waals surface area contributed by atoms with Gasteiger partial charge in [0.05, 0.1) is 17.2 Å². The summed E-state index contributed by atoms with van der Waals surface area (Å²) in [5, 5.41) is 15.8. The molecule has 0 aliphatic heterocycles. The molecule has 0 atom stereocenters. The minimum Gasteiger partial charge on any atom is -0.507 e. The highest BCUT2D eigenvalue weighted by molar-refractivity contribution is 5.90. The largest absolute Gasteiger partial charge is 0.507 e. The summed E-state index contributed by atoms with van der Waals surface area (Å²) in [6.07, 6.45) is 5.97. The molecule has 6 nitrogen and oxygen atoms in total. The maximum atomic E-state index is 12.2. The molecule has 6 heteroatoms. The Hall–Kier alpha value is -3.15. The Kier molecular flexibility index (Phi) is 4.86. The lowest BCUT2D eigenvalue weighted by Crippen LogP contribution is -2.36. The average Bonchev–Trinajstić information content (AvgIpc) is 3.18. The Labute approximate surface area is 164 Å². The Morgan fingerprint density at radius 2 is 1.75 bits per heavy atom. The number of phenolic OH excluding ortho intramolecular Hbond substituents is 1. The lowest BCUT2D eigenvalue weighted by Gasteiger charge is -2.13. The summed E-state index contributed by atoms with van der Waals surface area (Å²) in [7, 11) is 0. The number of carbonyl (C=O) groups is 1. The third kappa shape index (κ3) is 3.76. The van der Waals surface area contributed by atoms with E-state index in [2.05, 4.69) is 20.6 Å². The van der Waals surface area contributed by atoms with Crippen LogP contribution in [0.1, 0.15) is 36.8 Å². The van der Waals surface area contributed by atoms with Crippen LogP contribution in [0.15, 0.2) is 36.5 Å². The van der Waals surface area contributed by atoms with Crippen molar-refractivity contribution < 1.29 is 9.90 Å². The van der Waals surface area contributed by atoms with Crippen molar-refractivity contribution in [2.75, 3.05) is 5.32 Å². The predicted octanol–water partition coefficient (Wildman–Crippen LogP) is 4.68. The normalized spacial score (nSPS) is 14.4. The zero-order valence-corrected chi connectivity index (χ0v) is 16.1. The Balaban J connectivity index is 1.59. The second kappa shape index (κ2) is 7.46. The van der Waals surface area contributed by atoms with Crippen LogP contribution in [0.25, 0.3) is 22.2 Å². The van der Waals surface area contributed by atoms with Crippen LogP contribution in [0.4, 0.5) is 10.6 Å². The first-order valence-electron chi connectivity index (χ1n) is 9.64. The van der Waals surface area contributed by atoms with E-state index in [0.717, 1.165) is 40.6 Å². The highest BCUT2D eigenvalue weighted by atomic mass is 16.3. The predicted molar refractivity (Wildman–Crippen MR) is 111 cm³/mol. The van der Waals surface area contributed by atoms with E-state index in [1.165, 1.54) is 12.8 Å². The van der Waals surface area contributed by atoms with Gasteiger partial charge in [0.25, 0.3) is 0 Å². The van der Waals surface area contributed by atoms with E-state index in [0.29, 0.717) is 17.1 Å². The van der Waals surface area contributed by atoms with Crippen LogP contribution in [0.5, 0.6) is 5.75 Å². The van der Waals surface area contributed by atoms with Crippen LogP contribution < -0.4 is 10.6 Å². The molecule has 3 aromatic rings. The number of nitrogens with one attached hydrogen (secondary N) is 2. The summed E-state index contributed by atoms with van der Waals surface area (Å²) < 4.78 is 0. The molecule has 3 N–H and O–H groups in total. The maximum Gasteiger partial charge on any atom is 0.320 e. The first-order valence-corrected chi connectivity index (χ1v) is 9.64. The molecule has 0 saturated heterocycles. The fraction of sp³-hybridized carbons (Fsp3) is 0.318. The number of hydrogen-bond acceptors (Lipinski definition) is 4. The molecular weight excluding hydrogens is 352 g/mol. The second-order valence-corrected chi connectivity index (χ2v) is 7.50. The molecule has 28 heavy (non-hydrogen) atoms. The van der Waals surface area contributed by atoms with Crippen LogP contribution in [-0.4, -0.2) is 27.1 Å². The molecule has 0 bridgehead atoms. The number of aryl methyl sites for hydroxylation is 2. The zero-order chi connectivity index (χ0) is 19.7. The summed E-state index contributed by atoms with van der Waals surface area (Å²) in [5.41, 5.74) is 5.13. The monoisotopic (exact) mass is 376 g/mol. The molecule has 0 spiro atoms. The number of fused-ring (bicyclic) bond motifs is 1. The number of carbonyl (C=O) groups excluding carboxylic acids is 1. The Bertz CT molecular complexity index is 1020. The van der Waals surface area contributed by atoms with Gasteiger partial charge in [0.1, 0.15) is 5.75 Å². The third-order valence-corrected chi connectivity index (χ3v) is 5.30. The van der Waals surface area contributed by atoms with Crippen LogP contribution in [0.3, 0.4) is 0 Å². The van der Waals surface area contributed by atoms with E-state index < -0.39 is 0 Å². The first kappa shape index (κ1) is 18.2. The number of urea groups is 1. The smallest absolute Gasteiger partial charge is 0.320 e. The van der Waals surface area contributed by atoms with E-state index in [4.69, 9.17) is 0 Å². The van der Waals surface area contributed by atoms with E-state index in [1.807, 2.05) is 44.2 Å². The standard InChI is InChI=1S/C22H24N4O2/c1-13-9-16(10-14(2)21(13)27)15-7-8-18-19(11-15)25-20(12-23-18)26-22(28)24-17-5-3-4-6-17/h7-12,17,27H,3-6H2,1-2H3,(H2,24,25,26,28). The molecule has 1 heterocycles. The SMILES string of the molecule is Cc1cc(-c2ccc3ncc(NC(=O)NC4CCCC4)nc3c2)cc(C)c1O. The number of aromatic hydroxyl groups is 1. The molecule has 1 saturated carbocycles. The van der Waals surface area contributed by atoms with Gasteiger partial charge >= 0.3 is 6.03 Å². The van der Waals surface area contributed by atoms with Gasteiger partial charge in [-0.25, -0.2) is 9.78 Å². The van der Waals surface area contributed by atoms with Crippen molar-refractivity contribution in [1.82, 2.24) is 15.3 Å². The number of amides is 2. The van der Waals surface area contributed by atoms with Crippen LogP contribution in [0, 0.1) is 13.8 Å². The number of nitrogens with zero attached hydrogens (tertiary/aromatic N) is 2. The van der Waals surface area contributed by atoms with Gasteiger partial charge in [-0.1, -0.05) is 18.9 Å². The molecular formula is C22H24N4O2. The average molecular weight is 376 g/mol. The highest BCUT2D eigenvalue weighted by Crippen LogP contribution is 2.30. The van der Waals surface area contributed by atoms with Gasteiger partial charge in [0, 0.05) is 6.04 Å². The number of anilines is 1. The van der Waals surface area contributed by atoms with Gasteiger partial charge in [0.15, 0.2) is 5.82 Å². The molecule has 1 aliphatic rings. The van der Waals surface area contributed by atoms with Crippen LogP contribution >= 0.6 is 0 Å². The third-order valence-electron chi connectivity index (χ3n) is 5.30. The van der Waals surface area contributed by atoms with Crippen molar-refractivity contribution in [1.29, 1.82) is 0 Å². The van der Waals surface area contributed by atoms with E-state index in [-0.39, 0.29) is 12.1 Å². The molecule has 1 aromatic heterocycles. The van der Waals surface area contributed by atoms with Crippen molar-refractivity contribution >= 4 is 22.9 Å². The summed E-state index contributed by atoms with van der Waals surface area (Å²) in [6.45, 7) is 3.77. The van der Waals surface area contributed by atoms with Gasteiger partial charge < -0.3 is 10.4 Å². The van der Waals surface area contributed by atoms with Crippen molar-refractivity contribution in [3.8, 4) is 16.9 Å². The summed E-state index contributed by atoms with van der Waals surface area (Å²) >= 11 is 0. The Morgan fingerprint density at radius 1 is 1.04 bits per heavy atom. The maximum absolute atomic E-state index is 12.2. The molecule has 2 aromatic carbocycles. The van der Waals surface area contributed by atoms with Crippen molar-refractivity contribution in [2.45, 2.75) is 45.6 Å².